The Kier molecular flexibility index (Phi) is 6.37. The van der Waals surface area contributed by atoms with Crippen LogP contribution in [-0.2, 0) is 0 Å². The smallest absolute Gasteiger partial charge is 0.0221 e. The van der Waals surface area contributed by atoms with Crippen molar-refractivity contribution in [3.63, 3.8) is 0 Å². The van der Waals surface area contributed by atoms with E-state index in [4.69, 9.17) is 0 Å². The van der Waals surface area contributed by atoms with Gasteiger partial charge in [0.25, 0.3) is 0 Å². The summed E-state index contributed by atoms with van der Waals surface area (Å²) in [5.41, 5.74) is 0. The highest BCUT2D eigenvalue weighted by molar-refractivity contribution is 4.81. The van der Waals surface area contributed by atoms with Crippen molar-refractivity contribution in [2.75, 3.05) is 26.2 Å². The third-order valence-corrected chi connectivity index (χ3v) is 3.67. The van der Waals surface area contributed by atoms with Crippen molar-refractivity contribution in [3.8, 4) is 0 Å². The second-order valence-corrected chi connectivity index (χ2v) is 5.86. The predicted octanol–water partition coefficient (Wildman–Crippen LogP) is 2.74. The number of nitrogens with one attached hydrogen (secondary N) is 1. The first kappa shape index (κ1) is 14.0. The van der Waals surface area contributed by atoms with Crippen LogP contribution in [0.1, 0.15) is 47.0 Å². The van der Waals surface area contributed by atoms with Gasteiger partial charge < -0.3 is 5.32 Å². The van der Waals surface area contributed by atoms with E-state index in [0.29, 0.717) is 0 Å². The van der Waals surface area contributed by atoms with Crippen LogP contribution in [0.2, 0.25) is 0 Å². The van der Waals surface area contributed by atoms with Gasteiger partial charge in [0, 0.05) is 19.1 Å². The Morgan fingerprint density at radius 2 is 2.06 bits per heavy atom. The Balaban J connectivity index is 2.19. The van der Waals surface area contributed by atoms with E-state index in [9.17, 15) is 0 Å². The van der Waals surface area contributed by atoms with Gasteiger partial charge in [0.15, 0.2) is 0 Å². The normalized spacial score (nSPS) is 24.2. The van der Waals surface area contributed by atoms with E-state index < -0.39 is 0 Å². The lowest BCUT2D eigenvalue weighted by Crippen LogP contribution is -2.40. The van der Waals surface area contributed by atoms with E-state index in [1.54, 1.807) is 0 Å². The molecule has 0 aliphatic carbocycles. The van der Waals surface area contributed by atoms with Crippen LogP contribution in [0.5, 0.6) is 0 Å². The van der Waals surface area contributed by atoms with Crippen LogP contribution in [-0.4, -0.2) is 37.1 Å². The maximum Gasteiger partial charge on any atom is 0.0221 e. The lowest BCUT2D eigenvalue weighted by molar-refractivity contribution is 0.220. The van der Waals surface area contributed by atoms with Crippen LogP contribution in [0.3, 0.4) is 0 Å². The Labute approximate surface area is 102 Å². The van der Waals surface area contributed by atoms with E-state index in [0.717, 1.165) is 17.9 Å². The molecule has 0 radical (unpaired) electrons. The van der Waals surface area contributed by atoms with Gasteiger partial charge in [0.2, 0.25) is 0 Å². The summed E-state index contributed by atoms with van der Waals surface area (Å²) in [4.78, 5) is 2.67. The first-order valence-electron chi connectivity index (χ1n) is 7.08. The molecule has 1 rings (SSSR count). The van der Waals surface area contributed by atoms with Gasteiger partial charge in [-0.2, -0.15) is 0 Å². The van der Waals surface area contributed by atoms with Crippen LogP contribution >= 0.6 is 0 Å². The fourth-order valence-corrected chi connectivity index (χ4v) is 2.48. The van der Waals surface area contributed by atoms with Gasteiger partial charge >= 0.3 is 0 Å². The van der Waals surface area contributed by atoms with Crippen molar-refractivity contribution < 1.29 is 0 Å². The quantitative estimate of drug-likeness (QED) is 0.718. The number of likely N-dealkylation sites (tertiary alicyclic amines) is 1. The van der Waals surface area contributed by atoms with E-state index in [1.807, 2.05) is 0 Å². The zero-order chi connectivity index (χ0) is 12.0. The summed E-state index contributed by atoms with van der Waals surface area (Å²) in [6, 6.07) is 0.798. The molecule has 2 atom stereocenters. The molecule has 2 heteroatoms. The molecule has 0 saturated carbocycles. The monoisotopic (exact) mass is 226 g/mol. The summed E-state index contributed by atoms with van der Waals surface area (Å²) in [6.07, 6.45) is 4.07. The van der Waals surface area contributed by atoms with E-state index >= 15 is 0 Å². The molecule has 2 nitrogen and oxygen atoms in total. The SMILES string of the molecule is CCC(C)CNC[C@@H]1CCCN1CC(C)C. The van der Waals surface area contributed by atoms with Crippen molar-refractivity contribution in [1.82, 2.24) is 10.2 Å². The molecule has 1 fully saturated rings. The van der Waals surface area contributed by atoms with Crippen molar-refractivity contribution in [3.05, 3.63) is 0 Å². The second-order valence-electron chi connectivity index (χ2n) is 5.86. The van der Waals surface area contributed by atoms with Gasteiger partial charge in [-0.3, -0.25) is 4.90 Å². The Morgan fingerprint density at radius 1 is 1.31 bits per heavy atom. The van der Waals surface area contributed by atoms with Crippen LogP contribution in [0.25, 0.3) is 0 Å². The van der Waals surface area contributed by atoms with E-state index in [1.165, 1.54) is 45.4 Å². The Morgan fingerprint density at radius 3 is 2.69 bits per heavy atom. The van der Waals surface area contributed by atoms with Crippen LogP contribution < -0.4 is 5.32 Å². The second kappa shape index (κ2) is 7.29. The van der Waals surface area contributed by atoms with Gasteiger partial charge in [0.1, 0.15) is 0 Å². The van der Waals surface area contributed by atoms with Crippen LogP contribution in [0, 0.1) is 11.8 Å². The van der Waals surface area contributed by atoms with Crippen molar-refractivity contribution >= 4 is 0 Å². The first-order valence-corrected chi connectivity index (χ1v) is 7.08. The molecular formula is C14H30N2. The highest BCUT2D eigenvalue weighted by Gasteiger charge is 2.24. The molecular weight excluding hydrogens is 196 g/mol. The summed E-state index contributed by atoms with van der Waals surface area (Å²) in [5, 5.41) is 3.64. The molecule has 0 bridgehead atoms. The molecule has 0 aromatic heterocycles. The fraction of sp³-hybridized carbons (Fsp3) is 1.00. The van der Waals surface area contributed by atoms with Gasteiger partial charge in [-0.15, -0.1) is 0 Å². The van der Waals surface area contributed by atoms with Crippen LogP contribution in [0.4, 0.5) is 0 Å². The average molecular weight is 226 g/mol. The fourth-order valence-electron chi connectivity index (χ4n) is 2.48. The van der Waals surface area contributed by atoms with Crippen molar-refractivity contribution in [1.29, 1.82) is 0 Å². The highest BCUT2D eigenvalue weighted by Crippen LogP contribution is 2.17. The molecule has 0 spiro atoms. The van der Waals surface area contributed by atoms with Crippen molar-refractivity contribution in [2.24, 2.45) is 11.8 Å². The molecule has 0 aromatic rings. The van der Waals surface area contributed by atoms with Crippen molar-refractivity contribution in [2.45, 2.75) is 53.0 Å². The van der Waals surface area contributed by atoms with Gasteiger partial charge in [-0.05, 0) is 37.8 Å². The predicted molar refractivity (Wildman–Crippen MR) is 71.8 cm³/mol. The lowest BCUT2D eigenvalue weighted by atomic mass is 10.1. The number of nitrogens with zero attached hydrogens (tertiary/aromatic N) is 1. The molecule has 0 amide bonds. The molecule has 1 saturated heterocycles. The Hall–Kier alpha value is -0.0800. The summed E-state index contributed by atoms with van der Waals surface area (Å²) >= 11 is 0. The highest BCUT2D eigenvalue weighted by atomic mass is 15.2. The third kappa shape index (κ3) is 4.84. The minimum atomic E-state index is 0.798. The molecule has 0 aromatic carbocycles. The average Bonchev–Trinajstić information content (AvgIpc) is 2.64. The third-order valence-electron chi connectivity index (χ3n) is 3.67. The van der Waals surface area contributed by atoms with E-state index in [2.05, 4.69) is 37.9 Å². The molecule has 1 heterocycles. The maximum absolute atomic E-state index is 3.64. The maximum atomic E-state index is 3.64. The first-order chi connectivity index (χ1) is 7.63. The summed E-state index contributed by atoms with van der Waals surface area (Å²) in [7, 11) is 0. The molecule has 1 N–H and O–H groups in total. The molecule has 1 aliphatic rings. The minimum Gasteiger partial charge on any atom is -0.315 e. The van der Waals surface area contributed by atoms with Crippen LogP contribution in [0.15, 0.2) is 0 Å². The molecule has 96 valence electrons. The standard InChI is InChI=1S/C14H30N2/c1-5-13(4)9-15-10-14-7-6-8-16(14)11-12(2)3/h12-15H,5-11H2,1-4H3/t13?,14-/m0/s1. The van der Waals surface area contributed by atoms with E-state index in [-0.39, 0.29) is 0 Å². The number of hydrogen-bond donors (Lipinski definition) is 1. The van der Waals surface area contributed by atoms with Gasteiger partial charge in [-0.1, -0.05) is 34.1 Å². The number of rotatable bonds is 7. The molecule has 16 heavy (non-hydrogen) atoms. The number of hydrogen-bond acceptors (Lipinski definition) is 2. The Bertz CT molecular complexity index is 180. The summed E-state index contributed by atoms with van der Waals surface area (Å²) in [6.45, 7) is 14.2. The lowest BCUT2D eigenvalue weighted by Gasteiger charge is -2.26. The van der Waals surface area contributed by atoms with Gasteiger partial charge in [0.05, 0.1) is 0 Å². The molecule has 1 unspecified atom stereocenters. The zero-order valence-electron chi connectivity index (χ0n) is 11.6. The molecule has 1 aliphatic heterocycles. The minimum absolute atomic E-state index is 0.798. The largest absolute Gasteiger partial charge is 0.315 e. The van der Waals surface area contributed by atoms with Gasteiger partial charge in [-0.25, -0.2) is 0 Å². The topological polar surface area (TPSA) is 15.3 Å². The summed E-state index contributed by atoms with van der Waals surface area (Å²) < 4.78 is 0. The summed E-state index contributed by atoms with van der Waals surface area (Å²) in [5.74, 6) is 1.62. The zero-order valence-corrected chi connectivity index (χ0v) is 11.6.